The molecule has 1 amide bonds. The van der Waals surface area contributed by atoms with E-state index in [0.29, 0.717) is 23.3 Å². The number of fused-ring (bicyclic) bond motifs is 2. The van der Waals surface area contributed by atoms with E-state index < -0.39 is 5.60 Å². The minimum Gasteiger partial charge on any atom is -0.393 e. The summed E-state index contributed by atoms with van der Waals surface area (Å²) >= 11 is 0. The summed E-state index contributed by atoms with van der Waals surface area (Å²) in [4.78, 5) is 27.1. The molecule has 0 spiro atoms. The highest BCUT2D eigenvalue weighted by Gasteiger charge is 2.20. The lowest BCUT2D eigenvalue weighted by Crippen LogP contribution is -2.38. The number of aliphatic hydroxyl groups excluding tert-OH is 1. The zero-order valence-electron chi connectivity index (χ0n) is 20.3. The number of aryl methyl sites for hydroxylation is 1. The predicted octanol–water partition coefficient (Wildman–Crippen LogP) is 3.83. The van der Waals surface area contributed by atoms with Crippen LogP contribution in [0.25, 0.3) is 33.3 Å². The number of benzene rings is 2. The summed E-state index contributed by atoms with van der Waals surface area (Å²) in [7, 11) is 0. The van der Waals surface area contributed by atoms with Crippen molar-refractivity contribution in [1.29, 1.82) is 0 Å². The summed E-state index contributed by atoms with van der Waals surface area (Å²) in [5.41, 5.74) is 7.82. The molecule has 9 heteroatoms. The molecule has 0 aliphatic carbocycles. The molecule has 9 nitrogen and oxygen atoms in total. The van der Waals surface area contributed by atoms with Gasteiger partial charge in [-0.1, -0.05) is 23.4 Å². The van der Waals surface area contributed by atoms with E-state index in [9.17, 15) is 9.90 Å². The summed E-state index contributed by atoms with van der Waals surface area (Å²) in [5, 5.41) is 18.9. The summed E-state index contributed by atoms with van der Waals surface area (Å²) in [6.07, 6.45) is 1.78. The average molecular weight is 483 g/mol. The first-order chi connectivity index (χ1) is 17.3. The standard InChI is InChI=1S/C27H26N6O3/c1-17-13-20(7-8-21(17)26(35)31-36-27(2,3)16-34)23-10-11-24-25(29-23)33(32-30-24)15-18-6-9-22-19(14-18)5-4-12-28-22/h4-14,34H,15-16H2,1-3H3,(H,31,35). The molecule has 182 valence electrons. The van der Waals surface area contributed by atoms with Crippen molar-refractivity contribution in [2.24, 2.45) is 0 Å². The van der Waals surface area contributed by atoms with Crippen LogP contribution in [0, 0.1) is 6.92 Å². The smallest absolute Gasteiger partial charge is 0.275 e. The maximum atomic E-state index is 12.6. The molecule has 0 aliphatic rings. The second-order valence-electron chi connectivity index (χ2n) is 9.30. The van der Waals surface area contributed by atoms with Gasteiger partial charge in [0.25, 0.3) is 5.91 Å². The first-order valence-corrected chi connectivity index (χ1v) is 11.6. The van der Waals surface area contributed by atoms with Gasteiger partial charge in [0.2, 0.25) is 0 Å². The van der Waals surface area contributed by atoms with E-state index in [4.69, 9.17) is 9.82 Å². The second-order valence-corrected chi connectivity index (χ2v) is 9.30. The molecule has 36 heavy (non-hydrogen) atoms. The number of hydrogen-bond acceptors (Lipinski definition) is 7. The van der Waals surface area contributed by atoms with Crippen LogP contribution in [0.15, 0.2) is 66.9 Å². The maximum absolute atomic E-state index is 12.6. The van der Waals surface area contributed by atoms with Gasteiger partial charge in [0, 0.05) is 22.7 Å². The van der Waals surface area contributed by atoms with Crippen molar-refractivity contribution < 1.29 is 14.7 Å². The number of aliphatic hydroxyl groups is 1. The summed E-state index contributed by atoms with van der Waals surface area (Å²) in [5.74, 6) is -0.378. The molecule has 0 aliphatic heterocycles. The van der Waals surface area contributed by atoms with E-state index in [1.807, 2.05) is 55.5 Å². The van der Waals surface area contributed by atoms with E-state index in [2.05, 4.69) is 26.8 Å². The van der Waals surface area contributed by atoms with Crippen LogP contribution < -0.4 is 5.48 Å². The van der Waals surface area contributed by atoms with Gasteiger partial charge >= 0.3 is 0 Å². The first-order valence-electron chi connectivity index (χ1n) is 11.6. The monoisotopic (exact) mass is 482 g/mol. The molecular weight excluding hydrogens is 456 g/mol. The van der Waals surface area contributed by atoms with Gasteiger partial charge in [0.15, 0.2) is 5.65 Å². The van der Waals surface area contributed by atoms with Crippen molar-refractivity contribution in [1.82, 2.24) is 30.4 Å². The molecule has 2 N–H and O–H groups in total. The Bertz CT molecular complexity index is 1580. The Morgan fingerprint density at radius 2 is 1.92 bits per heavy atom. The Morgan fingerprint density at radius 1 is 1.08 bits per heavy atom. The van der Waals surface area contributed by atoms with Crippen molar-refractivity contribution in [2.45, 2.75) is 32.9 Å². The molecule has 0 saturated carbocycles. The number of pyridine rings is 2. The molecule has 0 radical (unpaired) electrons. The van der Waals surface area contributed by atoms with Gasteiger partial charge in [-0.15, -0.1) is 5.10 Å². The van der Waals surface area contributed by atoms with Gasteiger partial charge in [-0.25, -0.2) is 15.1 Å². The highest BCUT2D eigenvalue weighted by Crippen LogP contribution is 2.24. The molecule has 3 aromatic heterocycles. The van der Waals surface area contributed by atoms with Crippen molar-refractivity contribution in [3.8, 4) is 11.3 Å². The van der Waals surface area contributed by atoms with Crippen LogP contribution in [0.2, 0.25) is 0 Å². The molecule has 5 aromatic rings. The van der Waals surface area contributed by atoms with Gasteiger partial charge < -0.3 is 5.11 Å². The number of nitrogens with zero attached hydrogens (tertiary/aromatic N) is 5. The van der Waals surface area contributed by atoms with Crippen LogP contribution in [0.5, 0.6) is 0 Å². The molecule has 0 bridgehead atoms. The van der Waals surface area contributed by atoms with Crippen LogP contribution in [0.3, 0.4) is 0 Å². The molecular formula is C27H26N6O3. The molecule has 0 unspecified atom stereocenters. The van der Waals surface area contributed by atoms with Crippen molar-refractivity contribution in [3.63, 3.8) is 0 Å². The minimum atomic E-state index is -0.871. The highest BCUT2D eigenvalue weighted by atomic mass is 16.7. The van der Waals surface area contributed by atoms with E-state index in [-0.39, 0.29) is 12.5 Å². The Morgan fingerprint density at radius 3 is 2.72 bits per heavy atom. The number of hydrogen-bond donors (Lipinski definition) is 2. The lowest BCUT2D eigenvalue weighted by atomic mass is 10.0. The minimum absolute atomic E-state index is 0.219. The van der Waals surface area contributed by atoms with Gasteiger partial charge in [-0.2, -0.15) is 0 Å². The topological polar surface area (TPSA) is 115 Å². The van der Waals surface area contributed by atoms with Gasteiger partial charge in [-0.3, -0.25) is 14.6 Å². The van der Waals surface area contributed by atoms with Gasteiger partial charge in [-0.05, 0) is 74.4 Å². The second kappa shape index (κ2) is 9.44. The van der Waals surface area contributed by atoms with Crippen LogP contribution in [-0.4, -0.2) is 48.2 Å². The zero-order valence-corrected chi connectivity index (χ0v) is 20.3. The van der Waals surface area contributed by atoms with Crippen molar-refractivity contribution >= 4 is 28.0 Å². The summed E-state index contributed by atoms with van der Waals surface area (Å²) in [6.45, 7) is 5.53. The summed E-state index contributed by atoms with van der Waals surface area (Å²) < 4.78 is 1.78. The molecule has 0 saturated heterocycles. The fourth-order valence-electron chi connectivity index (χ4n) is 3.87. The van der Waals surface area contributed by atoms with Gasteiger partial charge in [0.1, 0.15) is 11.1 Å². The van der Waals surface area contributed by atoms with Crippen LogP contribution in [0.1, 0.15) is 35.3 Å². The first kappa shape index (κ1) is 23.5. The van der Waals surface area contributed by atoms with E-state index in [1.165, 1.54) is 0 Å². The Hall–Kier alpha value is -4.21. The molecule has 0 atom stereocenters. The highest BCUT2D eigenvalue weighted by molar-refractivity contribution is 5.95. The quantitative estimate of drug-likeness (QED) is 0.339. The molecule has 2 aromatic carbocycles. The zero-order chi connectivity index (χ0) is 25.3. The van der Waals surface area contributed by atoms with Crippen LogP contribution >= 0.6 is 0 Å². The Balaban J connectivity index is 1.40. The Labute approximate surface area is 207 Å². The SMILES string of the molecule is Cc1cc(-c2ccc3nnn(Cc4ccc5ncccc5c4)c3n2)ccc1C(=O)NOC(C)(C)CO. The number of aromatic nitrogens is 5. The maximum Gasteiger partial charge on any atom is 0.275 e. The van der Waals surface area contributed by atoms with Gasteiger partial charge in [0.05, 0.1) is 24.4 Å². The predicted molar refractivity (Wildman–Crippen MR) is 136 cm³/mol. The van der Waals surface area contributed by atoms with Crippen LogP contribution in [-0.2, 0) is 11.4 Å². The van der Waals surface area contributed by atoms with E-state index >= 15 is 0 Å². The fourth-order valence-corrected chi connectivity index (χ4v) is 3.87. The number of rotatable bonds is 7. The number of amides is 1. The average Bonchev–Trinajstić information content (AvgIpc) is 3.29. The number of carbonyl (C=O) groups is 1. The Kier molecular flexibility index (Phi) is 6.17. The molecule has 5 rings (SSSR count). The number of carbonyl (C=O) groups excluding carboxylic acids is 1. The lowest BCUT2D eigenvalue weighted by Gasteiger charge is -2.22. The normalized spacial score (nSPS) is 11.8. The van der Waals surface area contributed by atoms with E-state index in [0.717, 1.165) is 33.3 Å². The van der Waals surface area contributed by atoms with Crippen molar-refractivity contribution in [3.05, 3.63) is 83.6 Å². The third-order valence-electron chi connectivity index (χ3n) is 5.93. The largest absolute Gasteiger partial charge is 0.393 e. The lowest BCUT2D eigenvalue weighted by molar-refractivity contribution is -0.0956. The van der Waals surface area contributed by atoms with E-state index in [1.54, 1.807) is 30.8 Å². The number of hydroxylamine groups is 1. The summed E-state index contributed by atoms with van der Waals surface area (Å²) in [6, 6.07) is 19.4. The molecule has 0 fully saturated rings. The third-order valence-corrected chi connectivity index (χ3v) is 5.93. The van der Waals surface area contributed by atoms with Crippen molar-refractivity contribution in [2.75, 3.05) is 6.61 Å². The third kappa shape index (κ3) is 4.79. The molecule has 3 heterocycles. The number of nitrogens with one attached hydrogen (secondary N) is 1. The fraction of sp³-hybridized carbons (Fsp3) is 0.222. The van der Waals surface area contributed by atoms with Crippen LogP contribution in [0.4, 0.5) is 0 Å².